The number of amides is 1. The predicted octanol–water partition coefficient (Wildman–Crippen LogP) is 1.45. The molecule has 1 aliphatic rings. The van der Waals surface area contributed by atoms with Gasteiger partial charge in [0.05, 0.1) is 12.7 Å². The Morgan fingerprint density at radius 3 is 2.55 bits per heavy atom. The maximum atomic E-state index is 12.5. The molecule has 5 heteroatoms. The van der Waals surface area contributed by atoms with E-state index >= 15 is 0 Å². The number of rotatable bonds is 4. The van der Waals surface area contributed by atoms with Gasteiger partial charge in [-0.1, -0.05) is 6.92 Å². The van der Waals surface area contributed by atoms with E-state index in [4.69, 9.17) is 10.5 Å². The van der Waals surface area contributed by atoms with Crippen molar-refractivity contribution in [1.82, 2.24) is 9.80 Å². The summed E-state index contributed by atoms with van der Waals surface area (Å²) < 4.78 is 5.10. The molecular weight excluding hydrogens is 254 g/mol. The van der Waals surface area contributed by atoms with Crippen LogP contribution in [0, 0.1) is 0 Å². The highest BCUT2D eigenvalue weighted by molar-refractivity contribution is 5.99. The minimum absolute atomic E-state index is 0.0151. The van der Waals surface area contributed by atoms with Crippen molar-refractivity contribution in [3.05, 3.63) is 23.8 Å². The van der Waals surface area contributed by atoms with E-state index in [2.05, 4.69) is 11.8 Å². The van der Waals surface area contributed by atoms with Crippen LogP contribution in [0.4, 0.5) is 5.69 Å². The number of nitrogen functional groups attached to an aromatic ring is 1. The van der Waals surface area contributed by atoms with Gasteiger partial charge in [-0.25, -0.2) is 0 Å². The zero-order chi connectivity index (χ0) is 14.5. The van der Waals surface area contributed by atoms with Crippen LogP contribution in [-0.2, 0) is 0 Å². The number of hydrogen-bond acceptors (Lipinski definition) is 4. The molecule has 1 saturated heterocycles. The molecule has 2 N–H and O–H groups in total. The molecule has 0 aromatic heterocycles. The first kappa shape index (κ1) is 14.7. The van der Waals surface area contributed by atoms with Crippen LogP contribution < -0.4 is 10.5 Å². The maximum absolute atomic E-state index is 12.5. The van der Waals surface area contributed by atoms with Crippen molar-refractivity contribution in [2.75, 3.05) is 45.6 Å². The van der Waals surface area contributed by atoms with Crippen LogP contribution in [0.5, 0.6) is 5.75 Å². The van der Waals surface area contributed by atoms with E-state index in [1.165, 1.54) is 0 Å². The first-order valence-corrected chi connectivity index (χ1v) is 7.11. The Morgan fingerprint density at radius 1 is 1.30 bits per heavy atom. The number of anilines is 1. The van der Waals surface area contributed by atoms with Crippen LogP contribution in [-0.4, -0.2) is 55.5 Å². The van der Waals surface area contributed by atoms with Crippen molar-refractivity contribution in [3.8, 4) is 5.75 Å². The molecule has 5 nitrogen and oxygen atoms in total. The summed E-state index contributed by atoms with van der Waals surface area (Å²) in [5.74, 6) is 0.688. The average molecular weight is 277 g/mol. The summed E-state index contributed by atoms with van der Waals surface area (Å²) in [5, 5.41) is 0. The van der Waals surface area contributed by atoms with Crippen LogP contribution in [0.15, 0.2) is 18.2 Å². The molecule has 1 aliphatic heterocycles. The quantitative estimate of drug-likeness (QED) is 0.846. The van der Waals surface area contributed by atoms with Crippen molar-refractivity contribution in [3.63, 3.8) is 0 Å². The second-order valence-corrected chi connectivity index (χ2v) is 5.09. The Hall–Kier alpha value is -1.75. The lowest BCUT2D eigenvalue weighted by Gasteiger charge is -2.34. The fourth-order valence-electron chi connectivity index (χ4n) is 2.52. The van der Waals surface area contributed by atoms with Crippen molar-refractivity contribution in [1.29, 1.82) is 0 Å². The Balaban J connectivity index is 2.02. The van der Waals surface area contributed by atoms with Gasteiger partial charge in [-0.2, -0.15) is 0 Å². The number of nitrogens with two attached hydrogens (primary N) is 1. The van der Waals surface area contributed by atoms with E-state index in [0.717, 1.165) is 39.1 Å². The first-order valence-electron chi connectivity index (χ1n) is 7.11. The molecule has 2 rings (SSSR count). The zero-order valence-corrected chi connectivity index (χ0v) is 12.3. The second kappa shape index (κ2) is 6.61. The lowest BCUT2D eigenvalue weighted by Crippen LogP contribution is -2.48. The summed E-state index contributed by atoms with van der Waals surface area (Å²) in [5.41, 5.74) is 6.98. The van der Waals surface area contributed by atoms with Crippen LogP contribution in [0.1, 0.15) is 23.7 Å². The van der Waals surface area contributed by atoms with E-state index < -0.39 is 0 Å². The summed E-state index contributed by atoms with van der Waals surface area (Å²) in [6.07, 6.45) is 1.15. The molecule has 1 heterocycles. The Labute approximate surface area is 120 Å². The maximum Gasteiger partial charge on any atom is 0.256 e. The van der Waals surface area contributed by atoms with Crippen molar-refractivity contribution in [2.24, 2.45) is 0 Å². The third-order valence-corrected chi connectivity index (χ3v) is 3.69. The van der Waals surface area contributed by atoms with Crippen LogP contribution in [0.3, 0.4) is 0 Å². The highest BCUT2D eigenvalue weighted by Crippen LogP contribution is 2.21. The van der Waals surface area contributed by atoms with Gasteiger partial charge < -0.3 is 15.4 Å². The summed E-state index contributed by atoms with van der Waals surface area (Å²) in [6, 6.07) is 5.21. The summed E-state index contributed by atoms with van der Waals surface area (Å²) in [4.78, 5) is 16.7. The number of carbonyl (C=O) groups is 1. The summed E-state index contributed by atoms with van der Waals surface area (Å²) in [7, 11) is 1.59. The Bertz CT molecular complexity index is 468. The Morgan fingerprint density at radius 2 is 2.00 bits per heavy atom. The molecule has 0 aliphatic carbocycles. The molecule has 1 amide bonds. The molecule has 1 aromatic carbocycles. The van der Waals surface area contributed by atoms with E-state index in [1.54, 1.807) is 25.3 Å². The molecule has 0 radical (unpaired) electrons. The van der Waals surface area contributed by atoms with Gasteiger partial charge in [0.1, 0.15) is 5.75 Å². The van der Waals surface area contributed by atoms with Gasteiger partial charge >= 0.3 is 0 Å². The van der Waals surface area contributed by atoms with E-state index in [9.17, 15) is 4.79 Å². The van der Waals surface area contributed by atoms with Crippen LogP contribution >= 0.6 is 0 Å². The number of benzene rings is 1. The number of piperazine rings is 1. The minimum Gasteiger partial charge on any atom is -0.497 e. The van der Waals surface area contributed by atoms with E-state index in [1.807, 2.05) is 4.90 Å². The smallest absolute Gasteiger partial charge is 0.256 e. The minimum atomic E-state index is 0.0151. The number of methoxy groups -OCH3 is 1. The molecule has 0 bridgehead atoms. The third-order valence-electron chi connectivity index (χ3n) is 3.69. The number of ether oxygens (including phenoxy) is 1. The predicted molar refractivity (Wildman–Crippen MR) is 80.0 cm³/mol. The third kappa shape index (κ3) is 3.22. The Kier molecular flexibility index (Phi) is 4.84. The molecule has 0 saturated carbocycles. The monoisotopic (exact) mass is 277 g/mol. The molecule has 1 fully saturated rings. The molecule has 0 unspecified atom stereocenters. The molecule has 20 heavy (non-hydrogen) atoms. The lowest BCUT2D eigenvalue weighted by atomic mass is 10.1. The standard InChI is InChI=1S/C15H23N3O2/c1-3-6-17-7-9-18(10-8-17)15(19)13-5-4-12(20-2)11-14(13)16/h4-5,11H,3,6-10,16H2,1-2H3. The number of hydrogen-bond donors (Lipinski definition) is 1. The normalized spacial score (nSPS) is 16.2. The lowest BCUT2D eigenvalue weighted by molar-refractivity contribution is 0.0638. The second-order valence-electron chi connectivity index (χ2n) is 5.09. The van der Waals surface area contributed by atoms with E-state index in [-0.39, 0.29) is 5.91 Å². The van der Waals surface area contributed by atoms with Gasteiger partial charge in [0.25, 0.3) is 5.91 Å². The number of carbonyl (C=O) groups excluding carboxylic acids is 1. The largest absolute Gasteiger partial charge is 0.497 e. The number of nitrogens with zero attached hydrogens (tertiary/aromatic N) is 2. The fourth-order valence-corrected chi connectivity index (χ4v) is 2.52. The molecular formula is C15H23N3O2. The first-order chi connectivity index (χ1) is 9.65. The highest BCUT2D eigenvalue weighted by atomic mass is 16.5. The fraction of sp³-hybridized carbons (Fsp3) is 0.533. The van der Waals surface area contributed by atoms with Gasteiger partial charge in [-0.15, -0.1) is 0 Å². The molecule has 0 atom stereocenters. The average Bonchev–Trinajstić information content (AvgIpc) is 2.47. The summed E-state index contributed by atoms with van der Waals surface area (Å²) >= 11 is 0. The van der Waals surface area contributed by atoms with E-state index in [0.29, 0.717) is 17.0 Å². The van der Waals surface area contributed by atoms with Crippen molar-refractivity contribution in [2.45, 2.75) is 13.3 Å². The molecule has 1 aromatic rings. The van der Waals surface area contributed by atoms with Crippen LogP contribution in [0.25, 0.3) is 0 Å². The van der Waals surface area contributed by atoms with Crippen molar-refractivity contribution >= 4 is 11.6 Å². The van der Waals surface area contributed by atoms with Crippen LogP contribution in [0.2, 0.25) is 0 Å². The highest BCUT2D eigenvalue weighted by Gasteiger charge is 2.23. The van der Waals surface area contributed by atoms with Gasteiger partial charge in [-0.05, 0) is 25.1 Å². The molecule has 110 valence electrons. The van der Waals surface area contributed by atoms with Gasteiger partial charge in [-0.3, -0.25) is 9.69 Å². The van der Waals surface area contributed by atoms with Gasteiger partial charge in [0.2, 0.25) is 0 Å². The van der Waals surface area contributed by atoms with Gasteiger partial charge in [0, 0.05) is 37.9 Å². The zero-order valence-electron chi connectivity index (χ0n) is 12.3. The summed E-state index contributed by atoms with van der Waals surface area (Å²) in [6.45, 7) is 6.70. The molecule has 0 spiro atoms. The SMILES string of the molecule is CCCN1CCN(C(=O)c2ccc(OC)cc2N)CC1. The topological polar surface area (TPSA) is 58.8 Å². The van der Waals surface area contributed by atoms with Gasteiger partial charge in [0.15, 0.2) is 0 Å². The van der Waals surface area contributed by atoms with Crippen molar-refractivity contribution < 1.29 is 9.53 Å².